The quantitative estimate of drug-likeness (QED) is 0.304. The molecule has 1 aliphatic heterocycles. The van der Waals surface area contributed by atoms with E-state index in [2.05, 4.69) is 0 Å². The molecule has 0 bridgehead atoms. The van der Waals surface area contributed by atoms with Gasteiger partial charge in [-0.2, -0.15) is 0 Å². The van der Waals surface area contributed by atoms with E-state index in [1.54, 1.807) is 48.8 Å². The highest BCUT2D eigenvalue weighted by molar-refractivity contribution is 7.96. The highest BCUT2D eigenvalue weighted by Crippen LogP contribution is 2.22. The number of allylic oxidation sites excluding steroid dienone is 6. The van der Waals surface area contributed by atoms with Crippen molar-refractivity contribution >= 4 is 31.2 Å². The molecule has 1 aliphatic rings. The van der Waals surface area contributed by atoms with Crippen molar-refractivity contribution in [2.45, 2.75) is 37.5 Å². The van der Waals surface area contributed by atoms with Crippen molar-refractivity contribution in [3.8, 4) is 0 Å². The summed E-state index contributed by atoms with van der Waals surface area (Å²) in [5, 5.41) is 0. The number of hydrogen-bond acceptors (Lipinski definition) is 8. The van der Waals surface area contributed by atoms with E-state index in [0.29, 0.717) is 26.2 Å². The molecule has 0 saturated carbocycles. The van der Waals surface area contributed by atoms with Gasteiger partial charge in [0, 0.05) is 26.2 Å². The number of benzene rings is 2. The first-order chi connectivity index (χ1) is 18.8. The zero-order chi connectivity index (χ0) is 29.5. The van der Waals surface area contributed by atoms with Gasteiger partial charge in [0.2, 0.25) is 19.7 Å². The summed E-state index contributed by atoms with van der Waals surface area (Å²) in [4.78, 5) is 27.8. The molecule has 1 heterocycles. The molecule has 3 rings (SSSR count). The maximum atomic E-state index is 12.9. The van der Waals surface area contributed by atoms with Crippen LogP contribution in [-0.4, -0.2) is 64.4 Å². The minimum Gasteiger partial charge on any atom is -0.374 e. The number of nitrogens with zero attached hydrogens (tertiary/aromatic N) is 2. The first-order valence-corrected chi connectivity index (χ1v) is 15.7. The SMILES string of the molecule is CC(=O)C(=CC=CN1CCN(C=C/C=C(\C(C)=O)S(=O)(=O)c2ccc(C)cc2)CC1)S(=O)(=O)c1ccc(C)cc1. The van der Waals surface area contributed by atoms with Gasteiger partial charge in [0.05, 0.1) is 9.79 Å². The molecule has 0 N–H and O–H groups in total. The van der Waals surface area contributed by atoms with Crippen LogP contribution in [0.3, 0.4) is 0 Å². The van der Waals surface area contributed by atoms with Crippen LogP contribution in [0.15, 0.2) is 105 Å². The molecule has 40 heavy (non-hydrogen) atoms. The van der Waals surface area contributed by atoms with E-state index < -0.39 is 31.2 Å². The maximum absolute atomic E-state index is 12.9. The molecule has 10 heteroatoms. The average molecular weight is 583 g/mol. The van der Waals surface area contributed by atoms with Crippen molar-refractivity contribution in [3.63, 3.8) is 0 Å². The van der Waals surface area contributed by atoms with Crippen molar-refractivity contribution in [3.05, 3.63) is 106 Å². The van der Waals surface area contributed by atoms with Gasteiger partial charge in [0.25, 0.3) is 0 Å². The fourth-order valence-electron chi connectivity index (χ4n) is 4.02. The fraction of sp³-hybridized carbons (Fsp3) is 0.267. The van der Waals surface area contributed by atoms with Crippen LogP contribution in [0, 0.1) is 13.8 Å². The predicted molar refractivity (Wildman–Crippen MR) is 156 cm³/mol. The summed E-state index contributed by atoms with van der Waals surface area (Å²) in [6, 6.07) is 12.7. The van der Waals surface area contributed by atoms with Crippen LogP contribution in [0.1, 0.15) is 25.0 Å². The lowest BCUT2D eigenvalue weighted by molar-refractivity contribution is -0.113. The molecule has 0 spiro atoms. The lowest BCUT2D eigenvalue weighted by Gasteiger charge is -2.33. The molecule has 212 valence electrons. The van der Waals surface area contributed by atoms with Gasteiger partial charge < -0.3 is 9.80 Å². The van der Waals surface area contributed by atoms with Gasteiger partial charge in [0.15, 0.2) is 11.6 Å². The molecular formula is C30H34N2O6S2. The Bertz CT molecular complexity index is 1450. The third kappa shape index (κ3) is 7.67. The Kier molecular flexibility index (Phi) is 10.1. The number of carbonyl (C=O) groups is 2. The Morgan fingerprint density at radius 1 is 0.600 bits per heavy atom. The highest BCUT2D eigenvalue weighted by atomic mass is 32.2. The van der Waals surface area contributed by atoms with Crippen molar-refractivity contribution in [1.29, 1.82) is 0 Å². The maximum Gasteiger partial charge on any atom is 0.210 e. The number of Topliss-reactive ketones (excluding diaryl/α,β-unsaturated/α-hetero) is 2. The van der Waals surface area contributed by atoms with Gasteiger partial charge in [-0.15, -0.1) is 0 Å². The summed E-state index contributed by atoms with van der Waals surface area (Å²) in [6.07, 6.45) is 9.27. The van der Waals surface area contributed by atoms with Gasteiger partial charge in [-0.05, 0) is 88.7 Å². The Morgan fingerprint density at radius 2 is 0.900 bits per heavy atom. The second-order valence-corrected chi connectivity index (χ2v) is 13.4. The Morgan fingerprint density at radius 3 is 1.18 bits per heavy atom. The summed E-state index contributed by atoms with van der Waals surface area (Å²) in [5.41, 5.74) is 1.84. The Labute approximate surface area is 236 Å². The number of sulfone groups is 2. The van der Waals surface area contributed by atoms with Crippen molar-refractivity contribution in [2.24, 2.45) is 0 Å². The monoisotopic (exact) mass is 582 g/mol. The molecule has 0 unspecified atom stereocenters. The number of carbonyl (C=O) groups excluding carboxylic acids is 2. The van der Waals surface area contributed by atoms with Crippen molar-refractivity contribution in [2.75, 3.05) is 26.2 Å². The summed E-state index contributed by atoms with van der Waals surface area (Å²) in [6.45, 7) is 8.67. The van der Waals surface area contributed by atoms with Crippen LogP contribution < -0.4 is 0 Å². The van der Waals surface area contributed by atoms with E-state index in [4.69, 9.17) is 0 Å². The smallest absolute Gasteiger partial charge is 0.210 e. The van der Waals surface area contributed by atoms with Crippen molar-refractivity contribution < 1.29 is 26.4 Å². The summed E-state index contributed by atoms with van der Waals surface area (Å²) < 4.78 is 51.8. The molecular weight excluding hydrogens is 548 g/mol. The van der Waals surface area contributed by atoms with E-state index in [9.17, 15) is 26.4 Å². The fourth-order valence-corrected chi connectivity index (χ4v) is 6.79. The first kappa shape index (κ1) is 30.8. The second-order valence-electron chi connectivity index (χ2n) is 9.56. The summed E-state index contributed by atoms with van der Waals surface area (Å²) in [7, 11) is -7.86. The van der Waals surface area contributed by atoms with Crippen LogP contribution in [0.5, 0.6) is 0 Å². The first-order valence-electron chi connectivity index (χ1n) is 12.7. The third-order valence-corrected chi connectivity index (χ3v) is 10.2. The summed E-state index contributed by atoms with van der Waals surface area (Å²) >= 11 is 0. The molecule has 1 fully saturated rings. The normalized spacial score (nSPS) is 15.7. The van der Waals surface area contributed by atoms with E-state index >= 15 is 0 Å². The lowest BCUT2D eigenvalue weighted by Crippen LogP contribution is -2.41. The van der Waals surface area contributed by atoms with Crippen LogP contribution >= 0.6 is 0 Å². The topological polar surface area (TPSA) is 109 Å². The van der Waals surface area contributed by atoms with Crippen LogP contribution in [0.4, 0.5) is 0 Å². The number of aryl methyl sites for hydroxylation is 2. The number of hydrogen-bond donors (Lipinski definition) is 0. The number of rotatable bonds is 10. The predicted octanol–water partition coefficient (Wildman–Crippen LogP) is 4.14. The third-order valence-electron chi connectivity index (χ3n) is 6.37. The van der Waals surface area contributed by atoms with Gasteiger partial charge in [-0.1, -0.05) is 35.4 Å². The highest BCUT2D eigenvalue weighted by Gasteiger charge is 2.25. The summed E-state index contributed by atoms with van der Waals surface area (Å²) in [5.74, 6) is -1.08. The minimum atomic E-state index is -3.93. The second kappa shape index (κ2) is 13.1. The van der Waals surface area contributed by atoms with E-state index in [1.807, 2.05) is 23.6 Å². The molecule has 8 nitrogen and oxygen atoms in total. The largest absolute Gasteiger partial charge is 0.374 e. The average Bonchev–Trinajstić information content (AvgIpc) is 2.89. The molecule has 0 aliphatic carbocycles. The number of ketones is 2. The minimum absolute atomic E-state index is 0.0713. The van der Waals surface area contributed by atoms with Crippen LogP contribution in [0.25, 0.3) is 0 Å². The standard InChI is InChI=1S/C30H34N2O6S2/c1-23-9-13-27(14-10-23)39(35,36)29(25(3)33)7-5-17-31-19-21-32(22-20-31)18-6-8-30(26(4)34)40(37,38)28-15-11-24(2)12-16-28/h5-18H,19-22H2,1-4H3/b17-5?,18-6?,29-7+,30-8?. The zero-order valence-corrected chi connectivity index (χ0v) is 24.7. The van der Waals surface area contributed by atoms with Gasteiger partial charge in [-0.25, -0.2) is 16.8 Å². The molecule has 0 aromatic heterocycles. The molecule has 1 saturated heterocycles. The molecule has 0 amide bonds. The van der Waals surface area contributed by atoms with E-state index in [1.165, 1.54) is 50.3 Å². The Hall–Kier alpha value is -3.76. The lowest BCUT2D eigenvalue weighted by atomic mass is 10.2. The van der Waals surface area contributed by atoms with Gasteiger partial charge >= 0.3 is 0 Å². The van der Waals surface area contributed by atoms with Crippen LogP contribution in [-0.2, 0) is 29.3 Å². The molecule has 0 radical (unpaired) electrons. The zero-order valence-electron chi connectivity index (χ0n) is 23.1. The van der Waals surface area contributed by atoms with Gasteiger partial charge in [-0.3, -0.25) is 9.59 Å². The Balaban J connectivity index is 1.65. The molecule has 2 aromatic rings. The van der Waals surface area contributed by atoms with E-state index in [0.717, 1.165) is 11.1 Å². The molecule has 2 aromatic carbocycles. The number of piperazine rings is 1. The van der Waals surface area contributed by atoms with Crippen LogP contribution in [0.2, 0.25) is 0 Å². The van der Waals surface area contributed by atoms with Gasteiger partial charge in [0.1, 0.15) is 9.81 Å². The van der Waals surface area contributed by atoms with Crippen molar-refractivity contribution in [1.82, 2.24) is 9.80 Å². The molecule has 0 atom stereocenters. The van der Waals surface area contributed by atoms with E-state index in [-0.39, 0.29) is 19.6 Å².